The highest BCUT2D eigenvalue weighted by Gasteiger charge is 2.30. The van der Waals surface area contributed by atoms with Crippen molar-refractivity contribution in [2.24, 2.45) is 0 Å². The van der Waals surface area contributed by atoms with Crippen LogP contribution in [0.5, 0.6) is 5.75 Å². The minimum atomic E-state index is -4.45. The lowest BCUT2D eigenvalue weighted by molar-refractivity contribution is -0.151. The van der Waals surface area contributed by atoms with Gasteiger partial charge >= 0.3 is 12.1 Å². The smallest absolute Gasteiger partial charge is 0.416 e. The lowest BCUT2D eigenvalue weighted by atomic mass is 10.1. The summed E-state index contributed by atoms with van der Waals surface area (Å²) < 4.78 is 49.1. The van der Waals surface area contributed by atoms with E-state index in [2.05, 4.69) is 0 Å². The van der Waals surface area contributed by atoms with Crippen LogP contribution in [0.15, 0.2) is 82.6 Å². The number of ether oxygens (including phenoxy) is 2. The van der Waals surface area contributed by atoms with E-state index in [1.54, 1.807) is 31.2 Å². The number of carbonyl (C=O) groups is 1. The zero-order chi connectivity index (χ0) is 22.4. The molecule has 0 saturated heterocycles. The van der Waals surface area contributed by atoms with E-state index >= 15 is 0 Å². The highest BCUT2D eigenvalue weighted by Crippen LogP contribution is 2.33. The molecule has 162 valence electrons. The second-order valence-corrected chi connectivity index (χ2v) is 7.98. The maximum atomic E-state index is 12.8. The van der Waals surface area contributed by atoms with E-state index in [-0.39, 0.29) is 12.4 Å². The van der Waals surface area contributed by atoms with Crippen molar-refractivity contribution in [1.29, 1.82) is 0 Å². The number of carbonyl (C=O) groups excluding carboxylic acids is 1. The van der Waals surface area contributed by atoms with Gasteiger partial charge in [0.1, 0.15) is 5.75 Å². The van der Waals surface area contributed by atoms with Crippen LogP contribution in [0, 0.1) is 0 Å². The van der Waals surface area contributed by atoms with Gasteiger partial charge in [0.05, 0.1) is 12.2 Å². The van der Waals surface area contributed by atoms with Crippen LogP contribution in [0.2, 0.25) is 5.02 Å². The number of benzene rings is 3. The Bertz CT molecular complexity index is 1000. The van der Waals surface area contributed by atoms with Crippen LogP contribution in [-0.4, -0.2) is 12.6 Å². The fraction of sp³-hybridized carbons (Fsp3) is 0.174. The van der Waals surface area contributed by atoms with Gasteiger partial charge in [-0.15, -0.1) is 0 Å². The molecule has 0 radical (unpaired) electrons. The first-order chi connectivity index (χ1) is 14.8. The predicted molar refractivity (Wildman–Crippen MR) is 113 cm³/mol. The molecule has 31 heavy (non-hydrogen) atoms. The van der Waals surface area contributed by atoms with Gasteiger partial charge in [-0.1, -0.05) is 35.5 Å². The predicted octanol–water partition coefficient (Wildman–Crippen LogP) is 7.19. The molecule has 3 rings (SSSR count). The van der Waals surface area contributed by atoms with Crippen molar-refractivity contribution in [3.8, 4) is 5.75 Å². The maximum absolute atomic E-state index is 12.8. The van der Waals surface area contributed by atoms with Crippen molar-refractivity contribution in [1.82, 2.24) is 0 Å². The number of hydrogen-bond donors (Lipinski definition) is 0. The Labute approximate surface area is 187 Å². The molecule has 3 aromatic carbocycles. The van der Waals surface area contributed by atoms with Crippen molar-refractivity contribution in [2.75, 3.05) is 6.61 Å². The molecule has 0 heterocycles. The molecule has 0 amide bonds. The Morgan fingerprint density at radius 1 is 0.935 bits per heavy atom. The van der Waals surface area contributed by atoms with E-state index in [1.165, 1.54) is 23.9 Å². The fourth-order valence-corrected chi connectivity index (χ4v) is 3.62. The largest absolute Gasteiger partial charge is 0.474 e. The summed E-state index contributed by atoms with van der Waals surface area (Å²) in [6.45, 7) is 1.81. The van der Waals surface area contributed by atoms with Gasteiger partial charge in [-0.2, -0.15) is 13.2 Å². The summed E-state index contributed by atoms with van der Waals surface area (Å²) in [4.78, 5) is 14.4. The van der Waals surface area contributed by atoms with Crippen molar-refractivity contribution in [2.45, 2.75) is 29.0 Å². The van der Waals surface area contributed by atoms with E-state index in [4.69, 9.17) is 21.1 Å². The van der Waals surface area contributed by atoms with E-state index in [0.29, 0.717) is 10.6 Å². The monoisotopic (exact) mass is 466 g/mol. The van der Waals surface area contributed by atoms with Gasteiger partial charge in [0.15, 0.2) is 0 Å². The van der Waals surface area contributed by atoms with Crippen LogP contribution in [0.1, 0.15) is 24.2 Å². The minimum Gasteiger partial charge on any atom is -0.474 e. The summed E-state index contributed by atoms with van der Waals surface area (Å²) >= 11 is 7.42. The SMILES string of the molecule is CCOC(=O)C(Oc1ccc(C(F)(F)F)cc1)c1ccc(Sc2ccc(Cl)cc2)cc1. The molecule has 3 aromatic rings. The van der Waals surface area contributed by atoms with E-state index < -0.39 is 23.8 Å². The van der Waals surface area contributed by atoms with Crippen LogP contribution >= 0.6 is 23.4 Å². The molecular weight excluding hydrogens is 449 g/mol. The molecule has 0 saturated carbocycles. The van der Waals surface area contributed by atoms with Gasteiger partial charge in [-0.25, -0.2) is 4.79 Å². The molecule has 0 aliphatic rings. The van der Waals surface area contributed by atoms with Gasteiger partial charge in [0.2, 0.25) is 6.10 Å². The summed E-state index contributed by atoms with van der Waals surface area (Å²) in [5.74, 6) is -0.494. The molecule has 3 nitrogen and oxygen atoms in total. The normalized spacial score (nSPS) is 12.3. The molecule has 0 bridgehead atoms. The Morgan fingerprint density at radius 3 is 2.00 bits per heavy atom. The summed E-state index contributed by atoms with van der Waals surface area (Å²) in [7, 11) is 0. The number of halogens is 4. The van der Waals surface area contributed by atoms with Crippen LogP contribution in [0.25, 0.3) is 0 Å². The molecule has 0 aromatic heterocycles. The fourth-order valence-electron chi connectivity index (χ4n) is 2.68. The maximum Gasteiger partial charge on any atom is 0.416 e. The quantitative estimate of drug-likeness (QED) is 0.345. The highest BCUT2D eigenvalue weighted by atomic mass is 35.5. The average molecular weight is 467 g/mol. The van der Waals surface area contributed by atoms with Gasteiger partial charge in [0.25, 0.3) is 0 Å². The molecule has 8 heteroatoms. The first kappa shape index (κ1) is 23.0. The lowest BCUT2D eigenvalue weighted by Crippen LogP contribution is -2.21. The van der Waals surface area contributed by atoms with E-state index in [9.17, 15) is 18.0 Å². The minimum absolute atomic E-state index is 0.130. The Balaban J connectivity index is 1.78. The Hall–Kier alpha value is -2.64. The van der Waals surface area contributed by atoms with E-state index in [1.807, 2.05) is 24.3 Å². The Kier molecular flexibility index (Phi) is 7.51. The van der Waals surface area contributed by atoms with Gasteiger partial charge < -0.3 is 9.47 Å². The third-order valence-electron chi connectivity index (χ3n) is 4.17. The average Bonchev–Trinajstić information content (AvgIpc) is 2.74. The van der Waals surface area contributed by atoms with Crippen LogP contribution < -0.4 is 4.74 Å². The molecule has 1 unspecified atom stereocenters. The number of rotatable bonds is 7. The molecular formula is C23H18ClF3O3S. The zero-order valence-corrected chi connectivity index (χ0v) is 17.9. The van der Waals surface area contributed by atoms with Crippen molar-refractivity contribution >= 4 is 29.3 Å². The van der Waals surface area contributed by atoms with Gasteiger partial charge in [-0.05, 0) is 67.6 Å². The van der Waals surface area contributed by atoms with Gasteiger partial charge in [0, 0.05) is 20.4 Å². The second kappa shape index (κ2) is 10.1. The van der Waals surface area contributed by atoms with Crippen molar-refractivity contribution in [3.05, 3.63) is 88.9 Å². The molecule has 1 atom stereocenters. The lowest BCUT2D eigenvalue weighted by Gasteiger charge is -2.19. The van der Waals surface area contributed by atoms with Crippen molar-refractivity contribution < 1.29 is 27.4 Å². The highest BCUT2D eigenvalue weighted by molar-refractivity contribution is 7.99. The Morgan fingerprint density at radius 2 is 1.48 bits per heavy atom. The molecule has 0 spiro atoms. The standard InChI is InChI=1S/C23H18ClF3O3S/c1-2-29-22(28)21(30-18-9-5-16(6-10-18)23(25,26)27)15-3-11-19(12-4-15)31-20-13-7-17(24)8-14-20/h3-14,21H,2H2,1H3. The first-order valence-electron chi connectivity index (χ1n) is 9.30. The van der Waals surface area contributed by atoms with Crippen LogP contribution in [0.3, 0.4) is 0 Å². The summed E-state index contributed by atoms with van der Waals surface area (Å²) in [5, 5.41) is 0.650. The van der Waals surface area contributed by atoms with Crippen molar-refractivity contribution in [3.63, 3.8) is 0 Å². The van der Waals surface area contributed by atoms with Gasteiger partial charge in [-0.3, -0.25) is 0 Å². The van der Waals surface area contributed by atoms with Crippen LogP contribution in [-0.2, 0) is 15.7 Å². The molecule has 0 N–H and O–H groups in total. The number of alkyl halides is 3. The second-order valence-electron chi connectivity index (χ2n) is 6.40. The molecule has 0 aliphatic carbocycles. The summed E-state index contributed by atoms with van der Waals surface area (Å²) in [6.07, 6.45) is -5.55. The third kappa shape index (κ3) is 6.42. The third-order valence-corrected chi connectivity index (χ3v) is 5.44. The molecule has 0 fully saturated rings. The van der Waals surface area contributed by atoms with Crippen LogP contribution in [0.4, 0.5) is 13.2 Å². The first-order valence-corrected chi connectivity index (χ1v) is 10.5. The molecule has 0 aliphatic heterocycles. The summed E-state index contributed by atoms with van der Waals surface area (Å²) in [6, 6.07) is 18.7. The summed E-state index contributed by atoms with van der Waals surface area (Å²) in [5.41, 5.74) is -0.269. The number of hydrogen-bond acceptors (Lipinski definition) is 4. The van der Waals surface area contributed by atoms with E-state index in [0.717, 1.165) is 21.9 Å². The zero-order valence-electron chi connectivity index (χ0n) is 16.4. The number of esters is 1. The topological polar surface area (TPSA) is 35.5 Å².